The van der Waals surface area contributed by atoms with Crippen LogP contribution in [-0.2, 0) is 6.42 Å². The number of nitrogens with one attached hydrogen (secondary N) is 1. The minimum atomic E-state index is 0.664. The van der Waals surface area contributed by atoms with E-state index in [1.54, 1.807) is 0 Å². The molecular formula is C17H27NO2. The maximum atomic E-state index is 5.84. The van der Waals surface area contributed by atoms with Gasteiger partial charge in [-0.05, 0) is 44.0 Å². The Labute approximate surface area is 123 Å². The van der Waals surface area contributed by atoms with Gasteiger partial charge in [-0.1, -0.05) is 19.9 Å². The van der Waals surface area contributed by atoms with Crippen molar-refractivity contribution in [3.05, 3.63) is 36.4 Å². The van der Waals surface area contributed by atoms with Crippen LogP contribution in [-0.4, -0.2) is 26.3 Å². The Kier molecular flexibility index (Phi) is 7.81. The van der Waals surface area contributed by atoms with Crippen molar-refractivity contribution >= 4 is 0 Å². The second-order valence-corrected chi connectivity index (χ2v) is 5.14. The number of hydrogen-bond donors (Lipinski definition) is 1. The summed E-state index contributed by atoms with van der Waals surface area (Å²) >= 11 is 0. The molecule has 1 aromatic carbocycles. The Bertz CT molecular complexity index is 402. The first-order valence-electron chi connectivity index (χ1n) is 7.37. The van der Waals surface area contributed by atoms with Gasteiger partial charge in [0.25, 0.3) is 0 Å². The van der Waals surface area contributed by atoms with Crippen molar-refractivity contribution in [2.45, 2.75) is 27.2 Å². The molecule has 1 rings (SSSR count). The molecule has 3 heteroatoms. The molecule has 0 heterocycles. The molecule has 0 unspecified atom stereocenters. The fourth-order valence-electron chi connectivity index (χ4n) is 1.89. The molecule has 0 aliphatic carbocycles. The summed E-state index contributed by atoms with van der Waals surface area (Å²) in [5.74, 6) is 2.46. The predicted molar refractivity (Wildman–Crippen MR) is 84.7 cm³/mol. The maximum Gasteiger partial charge on any atom is 0.123 e. The van der Waals surface area contributed by atoms with Gasteiger partial charge in [0.15, 0.2) is 0 Å². The molecule has 0 aliphatic heterocycles. The van der Waals surface area contributed by atoms with Crippen molar-refractivity contribution in [2.24, 2.45) is 5.92 Å². The smallest absolute Gasteiger partial charge is 0.123 e. The molecule has 20 heavy (non-hydrogen) atoms. The first-order chi connectivity index (χ1) is 9.67. The Morgan fingerprint density at radius 1 is 1.30 bits per heavy atom. The van der Waals surface area contributed by atoms with Gasteiger partial charge in [-0.25, -0.2) is 0 Å². The highest BCUT2D eigenvalue weighted by atomic mass is 16.5. The van der Waals surface area contributed by atoms with E-state index in [2.05, 4.69) is 25.7 Å². The molecule has 3 nitrogen and oxygen atoms in total. The first kappa shape index (κ1) is 16.6. The normalized spacial score (nSPS) is 10.6. The molecule has 0 fully saturated rings. The lowest BCUT2D eigenvalue weighted by molar-refractivity contribution is 0.306. The summed E-state index contributed by atoms with van der Waals surface area (Å²) < 4.78 is 11.4. The molecule has 1 aromatic rings. The van der Waals surface area contributed by atoms with Crippen molar-refractivity contribution in [1.29, 1.82) is 0 Å². The lowest BCUT2D eigenvalue weighted by atomic mass is 10.1. The summed E-state index contributed by atoms with van der Waals surface area (Å²) in [6, 6.07) is 5.96. The molecule has 0 aliphatic rings. The van der Waals surface area contributed by atoms with Crippen molar-refractivity contribution in [3.63, 3.8) is 0 Å². The van der Waals surface area contributed by atoms with Crippen LogP contribution in [0.1, 0.15) is 26.3 Å². The van der Waals surface area contributed by atoms with Crippen molar-refractivity contribution < 1.29 is 9.47 Å². The summed E-state index contributed by atoms with van der Waals surface area (Å²) in [6.07, 6.45) is 2.67. The van der Waals surface area contributed by atoms with E-state index in [9.17, 15) is 0 Å². The fourth-order valence-corrected chi connectivity index (χ4v) is 1.89. The molecule has 0 saturated heterocycles. The molecule has 0 spiro atoms. The third kappa shape index (κ3) is 6.11. The zero-order valence-corrected chi connectivity index (χ0v) is 12.9. The van der Waals surface area contributed by atoms with Gasteiger partial charge in [0.1, 0.15) is 18.1 Å². The Hall–Kier alpha value is -1.48. The second kappa shape index (κ2) is 9.43. The van der Waals surface area contributed by atoms with Crippen LogP contribution in [0.25, 0.3) is 0 Å². The van der Waals surface area contributed by atoms with Gasteiger partial charge in [-0.2, -0.15) is 0 Å². The average molecular weight is 277 g/mol. The SMILES string of the molecule is C=CCc1cc(OCC)ccc1OCCNCC(C)C. The Morgan fingerprint density at radius 2 is 2.10 bits per heavy atom. The van der Waals surface area contributed by atoms with Gasteiger partial charge in [0.05, 0.1) is 6.61 Å². The predicted octanol–water partition coefficient (Wildman–Crippen LogP) is 3.44. The van der Waals surface area contributed by atoms with Crippen LogP contribution in [0.4, 0.5) is 0 Å². The van der Waals surface area contributed by atoms with Gasteiger partial charge in [-0.3, -0.25) is 0 Å². The van der Waals surface area contributed by atoms with E-state index in [1.165, 1.54) is 0 Å². The van der Waals surface area contributed by atoms with E-state index < -0.39 is 0 Å². The lowest BCUT2D eigenvalue weighted by Crippen LogP contribution is -2.25. The van der Waals surface area contributed by atoms with Crippen LogP contribution in [0.5, 0.6) is 11.5 Å². The van der Waals surface area contributed by atoms with Crippen LogP contribution in [0.3, 0.4) is 0 Å². The Balaban J connectivity index is 2.52. The highest BCUT2D eigenvalue weighted by molar-refractivity contribution is 5.41. The number of allylic oxidation sites excluding steroid dienone is 1. The van der Waals surface area contributed by atoms with Crippen LogP contribution < -0.4 is 14.8 Å². The molecule has 0 radical (unpaired) electrons. The van der Waals surface area contributed by atoms with Crippen LogP contribution in [0.2, 0.25) is 0 Å². The molecule has 1 N–H and O–H groups in total. The van der Waals surface area contributed by atoms with E-state index in [1.807, 2.05) is 31.2 Å². The largest absolute Gasteiger partial charge is 0.494 e. The highest BCUT2D eigenvalue weighted by Crippen LogP contribution is 2.25. The summed E-state index contributed by atoms with van der Waals surface area (Å²) in [5.41, 5.74) is 1.12. The van der Waals surface area contributed by atoms with Crippen molar-refractivity contribution in [2.75, 3.05) is 26.3 Å². The maximum absolute atomic E-state index is 5.84. The van der Waals surface area contributed by atoms with E-state index in [0.29, 0.717) is 19.1 Å². The van der Waals surface area contributed by atoms with E-state index in [4.69, 9.17) is 9.47 Å². The lowest BCUT2D eigenvalue weighted by Gasteiger charge is -2.13. The van der Waals surface area contributed by atoms with Crippen LogP contribution in [0, 0.1) is 5.92 Å². The molecule has 0 amide bonds. The number of hydrogen-bond acceptors (Lipinski definition) is 3. The van der Waals surface area contributed by atoms with Gasteiger partial charge in [0.2, 0.25) is 0 Å². The molecule has 0 atom stereocenters. The van der Waals surface area contributed by atoms with E-state index >= 15 is 0 Å². The van der Waals surface area contributed by atoms with Crippen molar-refractivity contribution in [1.82, 2.24) is 5.32 Å². The van der Waals surface area contributed by atoms with Crippen LogP contribution >= 0.6 is 0 Å². The highest BCUT2D eigenvalue weighted by Gasteiger charge is 2.05. The average Bonchev–Trinajstić information content (AvgIpc) is 2.41. The van der Waals surface area contributed by atoms with Crippen LogP contribution in [0.15, 0.2) is 30.9 Å². The Morgan fingerprint density at radius 3 is 2.75 bits per heavy atom. The number of ether oxygens (including phenoxy) is 2. The number of rotatable bonds is 10. The molecule has 0 aromatic heterocycles. The summed E-state index contributed by atoms with van der Waals surface area (Å²) in [6.45, 7) is 13.4. The zero-order valence-electron chi connectivity index (χ0n) is 12.9. The molecule has 0 saturated carbocycles. The minimum absolute atomic E-state index is 0.664. The third-order valence-electron chi connectivity index (χ3n) is 2.80. The number of benzene rings is 1. The van der Waals surface area contributed by atoms with Gasteiger partial charge < -0.3 is 14.8 Å². The van der Waals surface area contributed by atoms with E-state index in [0.717, 1.165) is 36.6 Å². The third-order valence-corrected chi connectivity index (χ3v) is 2.80. The summed E-state index contributed by atoms with van der Waals surface area (Å²) in [5, 5.41) is 3.37. The first-order valence-corrected chi connectivity index (χ1v) is 7.37. The van der Waals surface area contributed by atoms with Gasteiger partial charge >= 0.3 is 0 Å². The molecule has 112 valence electrons. The fraction of sp³-hybridized carbons (Fsp3) is 0.529. The topological polar surface area (TPSA) is 30.5 Å². The quantitative estimate of drug-likeness (QED) is 0.525. The van der Waals surface area contributed by atoms with Gasteiger partial charge in [0, 0.05) is 12.1 Å². The molecular weight excluding hydrogens is 250 g/mol. The standard InChI is InChI=1S/C17H27NO2/c1-5-7-15-12-16(19-6-2)8-9-17(15)20-11-10-18-13-14(3)4/h5,8-9,12,14,18H,1,6-7,10-11,13H2,2-4H3. The zero-order chi connectivity index (χ0) is 14.8. The van der Waals surface area contributed by atoms with E-state index in [-0.39, 0.29) is 0 Å². The minimum Gasteiger partial charge on any atom is -0.494 e. The summed E-state index contributed by atoms with van der Waals surface area (Å²) in [7, 11) is 0. The van der Waals surface area contributed by atoms with Gasteiger partial charge in [-0.15, -0.1) is 6.58 Å². The van der Waals surface area contributed by atoms with Crippen molar-refractivity contribution in [3.8, 4) is 11.5 Å². The summed E-state index contributed by atoms with van der Waals surface area (Å²) in [4.78, 5) is 0. The second-order valence-electron chi connectivity index (χ2n) is 5.14. The monoisotopic (exact) mass is 277 g/mol. The molecule has 0 bridgehead atoms.